The van der Waals surface area contributed by atoms with Crippen molar-refractivity contribution in [3.8, 4) is 5.88 Å². The summed E-state index contributed by atoms with van der Waals surface area (Å²) in [6.45, 7) is 7.28. The first-order valence-corrected chi connectivity index (χ1v) is 4.85. The van der Waals surface area contributed by atoms with Gasteiger partial charge in [-0.05, 0) is 5.41 Å². The molecule has 4 heteroatoms. The molecule has 0 spiro atoms. The minimum absolute atomic E-state index is 0.0376. The van der Waals surface area contributed by atoms with E-state index in [2.05, 4.69) is 25.9 Å². The summed E-state index contributed by atoms with van der Waals surface area (Å²) >= 11 is 0. The zero-order valence-corrected chi connectivity index (χ0v) is 8.82. The highest BCUT2D eigenvalue weighted by atomic mass is 16.5. The van der Waals surface area contributed by atoms with Crippen LogP contribution in [-0.4, -0.2) is 27.6 Å². The van der Waals surface area contributed by atoms with E-state index in [-0.39, 0.29) is 5.41 Å². The van der Waals surface area contributed by atoms with Gasteiger partial charge in [0, 0.05) is 5.56 Å². The molecule has 2 heterocycles. The quantitative estimate of drug-likeness (QED) is 0.671. The Bertz CT molecular complexity index is 338. The van der Waals surface area contributed by atoms with Crippen molar-refractivity contribution in [3.63, 3.8) is 0 Å². The Kier molecular flexibility index (Phi) is 2.03. The van der Waals surface area contributed by atoms with E-state index in [1.807, 2.05) is 6.20 Å². The molecule has 1 unspecified atom stereocenters. The van der Waals surface area contributed by atoms with Crippen LogP contribution in [0.1, 0.15) is 26.3 Å². The Morgan fingerprint density at radius 3 is 2.93 bits per heavy atom. The van der Waals surface area contributed by atoms with Crippen LogP contribution in [0.5, 0.6) is 5.88 Å². The molecule has 0 amide bonds. The van der Waals surface area contributed by atoms with Gasteiger partial charge in [-0.1, -0.05) is 20.8 Å². The van der Waals surface area contributed by atoms with Gasteiger partial charge < -0.3 is 9.84 Å². The smallest absolute Gasteiger partial charge is 0.215 e. The maximum absolute atomic E-state index is 9.38. The molecule has 2 rings (SSSR count). The number of aliphatic hydroxyl groups excluding tert-OH is 1. The number of rotatable bonds is 0. The molecule has 0 radical (unpaired) electrons. The Labute approximate surface area is 83.5 Å². The number of hydrogen-bond donors (Lipinski definition) is 1. The average molecular weight is 196 g/mol. The fourth-order valence-corrected chi connectivity index (χ4v) is 1.60. The van der Waals surface area contributed by atoms with Gasteiger partial charge >= 0.3 is 0 Å². The topological polar surface area (TPSA) is 47.3 Å². The third-order valence-electron chi connectivity index (χ3n) is 2.40. The first kappa shape index (κ1) is 9.52. The van der Waals surface area contributed by atoms with Crippen molar-refractivity contribution in [3.05, 3.63) is 11.8 Å². The number of aliphatic hydroxyl groups is 1. The Hall–Kier alpha value is -1.03. The highest BCUT2D eigenvalue weighted by Crippen LogP contribution is 2.32. The van der Waals surface area contributed by atoms with Crippen molar-refractivity contribution in [2.45, 2.75) is 38.8 Å². The molecule has 0 saturated carbocycles. The minimum atomic E-state index is -0.435. The highest BCUT2D eigenvalue weighted by molar-refractivity contribution is 5.31. The molecule has 0 bridgehead atoms. The van der Waals surface area contributed by atoms with Crippen molar-refractivity contribution in [2.24, 2.45) is 0 Å². The van der Waals surface area contributed by atoms with Gasteiger partial charge in [0.2, 0.25) is 5.88 Å². The predicted octanol–water partition coefficient (Wildman–Crippen LogP) is 0.934. The second-order valence-corrected chi connectivity index (χ2v) is 4.76. The lowest BCUT2D eigenvalue weighted by Gasteiger charge is -2.24. The third kappa shape index (κ3) is 1.50. The van der Waals surface area contributed by atoms with Crippen LogP contribution in [0.4, 0.5) is 0 Å². The van der Waals surface area contributed by atoms with E-state index in [1.54, 1.807) is 4.68 Å². The van der Waals surface area contributed by atoms with Gasteiger partial charge in [0.25, 0.3) is 0 Å². The molecular weight excluding hydrogens is 180 g/mol. The third-order valence-corrected chi connectivity index (χ3v) is 2.40. The van der Waals surface area contributed by atoms with E-state index < -0.39 is 6.10 Å². The molecule has 1 aliphatic heterocycles. The van der Waals surface area contributed by atoms with E-state index in [1.165, 1.54) is 0 Å². The number of nitrogens with zero attached hydrogens (tertiary/aromatic N) is 2. The first-order valence-electron chi connectivity index (χ1n) is 4.85. The van der Waals surface area contributed by atoms with Crippen LogP contribution in [0.15, 0.2) is 6.20 Å². The lowest BCUT2D eigenvalue weighted by Crippen LogP contribution is -2.31. The number of ether oxygens (including phenoxy) is 1. The molecule has 1 aromatic rings. The highest BCUT2D eigenvalue weighted by Gasteiger charge is 2.27. The van der Waals surface area contributed by atoms with Gasteiger partial charge in [0.05, 0.1) is 12.7 Å². The molecule has 0 aromatic carbocycles. The molecule has 1 aromatic heterocycles. The average Bonchev–Trinajstić information content (AvgIpc) is 2.45. The van der Waals surface area contributed by atoms with Crippen LogP contribution in [0.25, 0.3) is 0 Å². The number of hydrogen-bond acceptors (Lipinski definition) is 3. The van der Waals surface area contributed by atoms with Crippen LogP contribution in [0, 0.1) is 0 Å². The van der Waals surface area contributed by atoms with E-state index >= 15 is 0 Å². The molecule has 1 atom stereocenters. The predicted molar refractivity (Wildman–Crippen MR) is 52.4 cm³/mol. The molecule has 0 fully saturated rings. The van der Waals surface area contributed by atoms with Gasteiger partial charge in [-0.25, -0.2) is 4.68 Å². The summed E-state index contributed by atoms with van der Waals surface area (Å²) in [7, 11) is 0. The van der Waals surface area contributed by atoms with Crippen molar-refractivity contribution in [2.75, 3.05) is 6.61 Å². The number of fused-ring (bicyclic) bond motifs is 1. The maximum Gasteiger partial charge on any atom is 0.215 e. The molecule has 14 heavy (non-hydrogen) atoms. The normalized spacial score (nSPS) is 21.6. The van der Waals surface area contributed by atoms with Gasteiger partial charge in [-0.2, -0.15) is 5.10 Å². The summed E-state index contributed by atoms with van der Waals surface area (Å²) in [6.07, 6.45) is 1.39. The monoisotopic (exact) mass is 196 g/mol. The maximum atomic E-state index is 9.38. The Morgan fingerprint density at radius 2 is 2.29 bits per heavy atom. The zero-order valence-electron chi connectivity index (χ0n) is 8.82. The van der Waals surface area contributed by atoms with E-state index in [4.69, 9.17) is 4.74 Å². The van der Waals surface area contributed by atoms with Crippen molar-refractivity contribution < 1.29 is 9.84 Å². The van der Waals surface area contributed by atoms with Gasteiger partial charge in [-0.3, -0.25) is 0 Å². The van der Waals surface area contributed by atoms with Crippen LogP contribution in [-0.2, 0) is 12.0 Å². The molecule has 1 aliphatic rings. The van der Waals surface area contributed by atoms with Gasteiger partial charge in [0.1, 0.15) is 12.7 Å². The summed E-state index contributed by atoms with van der Waals surface area (Å²) in [4.78, 5) is 0. The fraction of sp³-hybridized carbons (Fsp3) is 0.700. The molecule has 4 nitrogen and oxygen atoms in total. The van der Waals surface area contributed by atoms with Crippen LogP contribution in [0.2, 0.25) is 0 Å². The Morgan fingerprint density at radius 1 is 1.57 bits per heavy atom. The second-order valence-electron chi connectivity index (χ2n) is 4.76. The molecule has 0 saturated heterocycles. The summed E-state index contributed by atoms with van der Waals surface area (Å²) in [5.74, 6) is 0.808. The minimum Gasteiger partial charge on any atom is -0.475 e. The summed E-state index contributed by atoms with van der Waals surface area (Å²) in [5, 5.41) is 13.6. The zero-order chi connectivity index (χ0) is 10.3. The Balaban J connectivity index is 2.38. The summed E-state index contributed by atoms with van der Waals surface area (Å²) in [6, 6.07) is 0. The summed E-state index contributed by atoms with van der Waals surface area (Å²) in [5.41, 5.74) is 1.14. The molecule has 1 N–H and O–H groups in total. The van der Waals surface area contributed by atoms with Crippen LogP contribution >= 0.6 is 0 Å². The van der Waals surface area contributed by atoms with Gasteiger partial charge in [-0.15, -0.1) is 0 Å². The van der Waals surface area contributed by atoms with E-state index in [0.717, 1.165) is 11.4 Å². The van der Waals surface area contributed by atoms with Crippen LogP contribution < -0.4 is 4.74 Å². The van der Waals surface area contributed by atoms with Crippen molar-refractivity contribution >= 4 is 0 Å². The lowest BCUT2D eigenvalue weighted by molar-refractivity contribution is 0.0545. The fourth-order valence-electron chi connectivity index (χ4n) is 1.60. The summed E-state index contributed by atoms with van der Waals surface area (Å²) < 4.78 is 7.21. The standard InChI is InChI=1S/C10H16N2O2/c1-10(2,3)8-4-11-12-5-7(13)6-14-9(8)12/h4,7,13H,5-6H2,1-3H3. The van der Waals surface area contributed by atoms with E-state index in [0.29, 0.717) is 13.2 Å². The van der Waals surface area contributed by atoms with Gasteiger partial charge in [0.15, 0.2) is 0 Å². The first-order chi connectivity index (χ1) is 6.48. The lowest BCUT2D eigenvalue weighted by atomic mass is 9.89. The molecule has 78 valence electrons. The molecular formula is C10H16N2O2. The molecule has 0 aliphatic carbocycles. The van der Waals surface area contributed by atoms with Crippen LogP contribution in [0.3, 0.4) is 0 Å². The van der Waals surface area contributed by atoms with Crippen molar-refractivity contribution in [1.82, 2.24) is 9.78 Å². The van der Waals surface area contributed by atoms with E-state index in [9.17, 15) is 5.11 Å². The SMILES string of the molecule is CC(C)(C)c1cnn2c1OCC(O)C2. The van der Waals surface area contributed by atoms with Crippen molar-refractivity contribution in [1.29, 1.82) is 0 Å². The number of aromatic nitrogens is 2. The second kappa shape index (κ2) is 2.98. The largest absolute Gasteiger partial charge is 0.475 e.